The van der Waals surface area contributed by atoms with Crippen molar-refractivity contribution in [3.05, 3.63) is 138 Å². The molecule has 0 aromatic heterocycles. The van der Waals surface area contributed by atoms with Crippen molar-refractivity contribution in [2.24, 2.45) is 4.99 Å². The van der Waals surface area contributed by atoms with E-state index >= 15 is 0 Å². The first-order valence-corrected chi connectivity index (χ1v) is 17.0. The van der Waals surface area contributed by atoms with Gasteiger partial charge in [-0.1, -0.05) is 103 Å². The maximum atomic E-state index is 14.1. The van der Waals surface area contributed by atoms with Crippen molar-refractivity contribution >= 4 is 46.7 Å². The molecule has 3 amide bonds. The van der Waals surface area contributed by atoms with Crippen LogP contribution in [0.2, 0.25) is 0 Å². The zero-order valence-corrected chi connectivity index (χ0v) is 29.0. The Kier molecular flexibility index (Phi) is 13.9. The van der Waals surface area contributed by atoms with E-state index < -0.39 is 23.8 Å². The molecule has 1 aliphatic rings. The van der Waals surface area contributed by atoms with E-state index in [2.05, 4.69) is 16.9 Å². The molecule has 0 bridgehead atoms. The van der Waals surface area contributed by atoms with Crippen LogP contribution >= 0.6 is 11.8 Å². The number of benzene rings is 3. The van der Waals surface area contributed by atoms with Crippen LogP contribution in [0.5, 0.6) is 11.5 Å². The topological polar surface area (TPSA) is 124 Å². The number of carbonyl (C=O) groups is 4. The molecule has 0 radical (unpaired) electrons. The molecule has 4 rings (SSSR count). The Morgan fingerprint density at radius 2 is 1.62 bits per heavy atom. The summed E-state index contributed by atoms with van der Waals surface area (Å²) < 4.78 is 16.2. The van der Waals surface area contributed by atoms with E-state index in [1.165, 1.54) is 11.0 Å². The second kappa shape index (κ2) is 18.8. The number of esters is 1. The standard InChI is InChI=1S/C39H39N3O7S/c1-5-9-20-30(6-2)42-38(46)31(23-27-21-22-32(33(24-27)47-7-3)49-25-35(44)48-8-4)37(45)41-39(42)50-26-34(43)40-36(28-16-12-10-13-17-28)29-18-14-11-15-19-29/h5-6,9-24,36H,1,7-8,25-26H2,2-4H3,(H,40,43)/b20-9-,30-6+,31-23+. The average molecular weight is 694 g/mol. The van der Waals surface area contributed by atoms with Gasteiger partial charge in [-0.05, 0) is 61.7 Å². The molecule has 0 fully saturated rings. The smallest absolute Gasteiger partial charge is 0.344 e. The van der Waals surface area contributed by atoms with Gasteiger partial charge in [-0.25, -0.2) is 4.79 Å². The number of thioether (sulfide) groups is 1. The molecule has 0 atom stereocenters. The highest BCUT2D eigenvalue weighted by Crippen LogP contribution is 2.31. The number of aliphatic imine (C=N–C) groups is 1. The zero-order chi connectivity index (χ0) is 35.9. The molecular formula is C39H39N3O7S. The van der Waals surface area contributed by atoms with Gasteiger partial charge in [0.2, 0.25) is 5.91 Å². The molecule has 10 nitrogen and oxygen atoms in total. The fourth-order valence-corrected chi connectivity index (χ4v) is 5.71. The lowest BCUT2D eigenvalue weighted by atomic mass is 9.99. The Labute approximate surface area is 296 Å². The van der Waals surface area contributed by atoms with Gasteiger partial charge in [0.15, 0.2) is 23.3 Å². The minimum absolute atomic E-state index is 0.0582. The summed E-state index contributed by atoms with van der Waals surface area (Å²) in [6, 6.07) is 23.6. The first-order valence-electron chi connectivity index (χ1n) is 16.0. The summed E-state index contributed by atoms with van der Waals surface area (Å²) in [4.78, 5) is 58.2. The molecule has 258 valence electrons. The third-order valence-corrected chi connectivity index (χ3v) is 8.08. The van der Waals surface area contributed by atoms with Gasteiger partial charge < -0.3 is 19.5 Å². The highest BCUT2D eigenvalue weighted by atomic mass is 32.2. The summed E-state index contributed by atoms with van der Waals surface area (Å²) >= 11 is 0.981. The minimum atomic E-state index is -0.760. The van der Waals surface area contributed by atoms with Gasteiger partial charge in [-0.3, -0.25) is 19.3 Å². The van der Waals surface area contributed by atoms with Crippen molar-refractivity contribution in [1.82, 2.24) is 10.2 Å². The molecule has 3 aromatic rings. The summed E-state index contributed by atoms with van der Waals surface area (Å²) in [5, 5.41) is 3.14. The molecule has 0 aliphatic carbocycles. The second-order valence-electron chi connectivity index (χ2n) is 10.5. The number of ether oxygens (including phenoxy) is 3. The minimum Gasteiger partial charge on any atom is -0.490 e. The summed E-state index contributed by atoms with van der Waals surface area (Å²) in [6.45, 7) is 9.17. The highest BCUT2D eigenvalue weighted by Gasteiger charge is 2.35. The van der Waals surface area contributed by atoms with Crippen LogP contribution in [0.25, 0.3) is 6.08 Å². The van der Waals surface area contributed by atoms with Crippen LogP contribution in [0.3, 0.4) is 0 Å². The summed E-state index contributed by atoms with van der Waals surface area (Å²) in [7, 11) is 0. The Morgan fingerprint density at radius 3 is 2.22 bits per heavy atom. The Bertz CT molecular complexity index is 1780. The van der Waals surface area contributed by atoms with Crippen LogP contribution < -0.4 is 14.8 Å². The molecule has 0 saturated heterocycles. The fourth-order valence-electron chi connectivity index (χ4n) is 4.90. The summed E-state index contributed by atoms with van der Waals surface area (Å²) in [5.41, 5.74) is 2.53. The summed E-state index contributed by atoms with van der Waals surface area (Å²) in [5.74, 6) is -1.72. The number of allylic oxidation sites excluding steroid dienone is 4. The Balaban J connectivity index is 1.61. The monoisotopic (exact) mass is 693 g/mol. The number of nitrogens with zero attached hydrogens (tertiary/aromatic N) is 2. The number of rotatable bonds is 15. The molecule has 0 unspecified atom stereocenters. The quantitative estimate of drug-likeness (QED) is 0.0838. The van der Waals surface area contributed by atoms with Crippen molar-refractivity contribution in [2.45, 2.75) is 26.8 Å². The van der Waals surface area contributed by atoms with Crippen molar-refractivity contribution in [1.29, 1.82) is 0 Å². The van der Waals surface area contributed by atoms with Gasteiger partial charge in [-0.2, -0.15) is 4.99 Å². The lowest BCUT2D eigenvalue weighted by molar-refractivity contribution is -0.145. The highest BCUT2D eigenvalue weighted by molar-refractivity contribution is 8.14. The maximum absolute atomic E-state index is 14.1. The first-order chi connectivity index (χ1) is 24.3. The molecule has 0 spiro atoms. The predicted molar refractivity (Wildman–Crippen MR) is 195 cm³/mol. The van der Waals surface area contributed by atoms with Crippen LogP contribution in [-0.4, -0.2) is 59.3 Å². The van der Waals surface area contributed by atoms with E-state index in [9.17, 15) is 19.2 Å². The summed E-state index contributed by atoms with van der Waals surface area (Å²) in [6.07, 6.45) is 8.00. The van der Waals surface area contributed by atoms with Gasteiger partial charge >= 0.3 is 5.97 Å². The maximum Gasteiger partial charge on any atom is 0.344 e. The van der Waals surface area contributed by atoms with Crippen molar-refractivity contribution < 1.29 is 33.4 Å². The lowest BCUT2D eigenvalue weighted by Crippen LogP contribution is -2.42. The van der Waals surface area contributed by atoms with Crippen LogP contribution in [0.15, 0.2) is 126 Å². The predicted octanol–water partition coefficient (Wildman–Crippen LogP) is 6.42. The number of carbonyl (C=O) groups excluding carboxylic acids is 4. The van der Waals surface area contributed by atoms with E-state index in [4.69, 9.17) is 14.2 Å². The first kappa shape index (κ1) is 37.1. The van der Waals surface area contributed by atoms with E-state index in [0.717, 1.165) is 22.9 Å². The third-order valence-electron chi connectivity index (χ3n) is 7.14. The lowest BCUT2D eigenvalue weighted by Gasteiger charge is -2.28. The normalized spacial score (nSPS) is 14.2. The van der Waals surface area contributed by atoms with E-state index in [1.54, 1.807) is 63.3 Å². The van der Waals surface area contributed by atoms with Crippen molar-refractivity contribution in [3.63, 3.8) is 0 Å². The molecule has 0 saturated carbocycles. The van der Waals surface area contributed by atoms with Gasteiger partial charge in [0.25, 0.3) is 11.8 Å². The van der Waals surface area contributed by atoms with Crippen LogP contribution in [0.1, 0.15) is 43.5 Å². The van der Waals surface area contributed by atoms with Crippen molar-refractivity contribution in [3.8, 4) is 11.5 Å². The van der Waals surface area contributed by atoms with E-state index in [1.807, 2.05) is 60.7 Å². The second-order valence-corrected chi connectivity index (χ2v) is 11.5. The number of amides is 3. The third kappa shape index (κ3) is 9.93. The van der Waals surface area contributed by atoms with Gasteiger partial charge in [0.1, 0.15) is 5.57 Å². The van der Waals surface area contributed by atoms with Crippen molar-refractivity contribution in [2.75, 3.05) is 25.6 Å². The van der Waals surface area contributed by atoms with Gasteiger partial charge in [-0.15, -0.1) is 0 Å². The molecule has 1 N–H and O–H groups in total. The van der Waals surface area contributed by atoms with Crippen LogP contribution in [-0.2, 0) is 23.9 Å². The SMILES string of the molecule is C=C/C=C\C(=C/C)N1C(=O)/C(=C/c2ccc(OCC(=O)OCC)c(OCC)c2)C(=O)N=C1SCC(=O)NC(c1ccccc1)c1ccccc1. The van der Waals surface area contributed by atoms with Crippen LogP contribution in [0.4, 0.5) is 0 Å². The van der Waals surface area contributed by atoms with Gasteiger partial charge in [0.05, 0.1) is 25.0 Å². The molecule has 11 heteroatoms. The largest absolute Gasteiger partial charge is 0.490 e. The van der Waals surface area contributed by atoms with E-state index in [0.29, 0.717) is 29.4 Å². The Hall–Kier alpha value is -5.68. The zero-order valence-electron chi connectivity index (χ0n) is 28.2. The molecule has 1 heterocycles. The van der Waals surface area contributed by atoms with E-state index in [-0.39, 0.29) is 35.6 Å². The average Bonchev–Trinajstić information content (AvgIpc) is 3.13. The molecule has 50 heavy (non-hydrogen) atoms. The van der Waals surface area contributed by atoms with Gasteiger partial charge in [0, 0.05) is 5.70 Å². The molecule has 1 aliphatic heterocycles. The number of amidine groups is 1. The van der Waals surface area contributed by atoms with Crippen LogP contribution in [0, 0.1) is 0 Å². The fraction of sp³-hybridized carbons (Fsp3) is 0.205. The number of hydrogen-bond acceptors (Lipinski definition) is 8. The molecular weight excluding hydrogens is 655 g/mol. The Morgan fingerprint density at radius 1 is 0.940 bits per heavy atom. The number of nitrogens with one attached hydrogen (secondary N) is 1. The molecule has 3 aromatic carbocycles. The number of hydrogen-bond donors (Lipinski definition) is 1.